The lowest BCUT2D eigenvalue weighted by atomic mass is 9.96. The molecular weight excluding hydrogens is 468 g/mol. The second-order valence-corrected chi connectivity index (χ2v) is 10.2. The van der Waals surface area contributed by atoms with Crippen LogP contribution in [0.25, 0.3) is 0 Å². The molecule has 2 aromatic rings. The molecule has 0 aliphatic carbocycles. The van der Waals surface area contributed by atoms with Crippen LogP contribution in [-0.2, 0) is 14.8 Å². The highest BCUT2D eigenvalue weighted by molar-refractivity contribution is 9.10. The maximum atomic E-state index is 12.9. The molecule has 0 unspecified atom stereocenters. The van der Waals surface area contributed by atoms with Gasteiger partial charge in [-0.3, -0.25) is 4.79 Å². The predicted molar refractivity (Wildman–Crippen MR) is 120 cm³/mol. The summed E-state index contributed by atoms with van der Waals surface area (Å²) in [6.07, 6.45) is 1.01. The molecule has 0 spiro atoms. The third kappa shape index (κ3) is 5.42. The molecule has 162 valence electrons. The first-order chi connectivity index (χ1) is 14.3. The molecule has 0 aromatic heterocycles. The number of carbonyl (C=O) groups is 1. The van der Waals surface area contributed by atoms with E-state index in [0.717, 1.165) is 10.0 Å². The summed E-state index contributed by atoms with van der Waals surface area (Å²) in [4.78, 5) is 12.9. The van der Waals surface area contributed by atoms with Gasteiger partial charge in [0.1, 0.15) is 5.75 Å². The Morgan fingerprint density at radius 2 is 1.87 bits per heavy atom. The van der Waals surface area contributed by atoms with Crippen LogP contribution in [0.4, 0.5) is 0 Å². The number of sulfonamides is 1. The number of nitrogens with zero attached hydrogens (tertiary/aromatic N) is 1. The van der Waals surface area contributed by atoms with Crippen molar-refractivity contribution in [2.45, 2.75) is 37.6 Å². The van der Waals surface area contributed by atoms with Gasteiger partial charge in [-0.1, -0.05) is 28.1 Å². The largest absolute Gasteiger partial charge is 0.494 e. The van der Waals surface area contributed by atoms with Crippen LogP contribution < -0.4 is 10.1 Å². The van der Waals surface area contributed by atoms with Gasteiger partial charge in [0.05, 0.1) is 17.5 Å². The normalized spacial score (nSPS) is 16.8. The molecule has 3 rings (SSSR count). The molecule has 2 aromatic carbocycles. The van der Waals surface area contributed by atoms with E-state index in [0.29, 0.717) is 38.3 Å². The molecular formula is C22H27BrN2O4S. The second-order valence-electron chi connectivity index (χ2n) is 7.37. The van der Waals surface area contributed by atoms with Gasteiger partial charge in [0, 0.05) is 23.5 Å². The molecule has 1 fully saturated rings. The Labute approximate surface area is 186 Å². The van der Waals surface area contributed by atoms with Gasteiger partial charge in [-0.25, -0.2) is 8.42 Å². The van der Waals surface area contributed by atoms with Crippen molar-refractivity contribution < 1.29 is 17.9 Å². The lowest BCUT2D eigenvalue weighted by Crippen LogP contribution is -2.43. The van der Waals surface area contributed by atoms with Crippen LogP contribution in [0.3, 0.4) is 0 Å². The highest BCUT2D eigenvalue weighted by Crippen LogP contribution is 2.26. The van der Waals surface area contributed by atoms with E-state index in [2.05, 4.69) is 21.2 Å². The lowest BCUT2D eigenvalue weighted by Gasteiger charge is -2.31. The molecule has 0 radical (unpaired) electrons. The first kappa shape index (κ1) is 22.8. The standard InChI is InChI=1S/C22H27BrN2O4S/c1-3-29-20-7-9-21(10-8-20)30(27,28)25-13-11-17(12-14-25)22(26)24-16(2)18-5-4-6-19(23)15-18/h4-10,15-17H,3,11-14H2,1-2H3,(H,24,26)/t16-/m0/s1. The minimum Gasteiger partial charge on any atom is -0.494 e. The minimum atomic E-state index is -3.57. The van der Waals surface area contributed by atoms with Crippen molar-refractivity contribution in [1.82, 2.24) is 9.62 Å². The number of nitrogens with one attached hydrogen (secondary N) is 1. The number of carbonyl (C=O) groups excluding carboxylic acids is 1. The summed E-state index contributed by atoms with van der Waals surface area (Å²) >= 11 is 3.45. The van der Waals surface area contributed by atoms with Crippen molar-refractivity contribution in [2.75, 3.05) is 19.7 Å². The van der Waals surface area contributed by atoms with Crippen LogP contribution in [0, 0.1) is 5.92 Å². The minimum absolute atomic E-state index is 0.0272. The lowest BCUT2D eigenvalue weighted by molar-refractivity contribution is -0.126. The van der Waals surface area contributed by atoms with Crippen LogP contribution >= 0.6 is 15.9 Å². The van der Waals surface area contributed by atoms with Crippen molar-refractivity contribution in [3.63, 3.8) is 0 Å². The van der Waals surface area contributed by atoms with Gasteiger partial charge >= 0.3 is 0 Å². The van der Waals surface area contributed by atoms with E-state index in [9.17, 15) is 13.2 Å². The predicted octanol–water partition coefficient (Wildman–Crippen LogP) is 4.13. The number of amides is 1. The van der Waals surface area contributed by atoms with Gasteiger partial charge in [0.25, 0.3) is 0 Å². The third-order valence-electron chi connectivity index (χ3n) is 5.30. The molecule has 0 saturated carbocycles. The van der Waals surface area contributed by atoms with Gasteiger partial charge < -0.3 is 10.1 Å². The number of halogens is 1. The molecule has 0 bridgehead atoms. The molecule has 8 heteroatoms. The fraction of sp³-hybridized carbons (Fsp3) is 0.409. The van der Waals surface area contributed by atoms with Crippen LogP contribution in [0.15, 0.2) is 57.9 Å². The average Bonchev–Trinajstić information content (AvgIpc) is 2.74. The number of ether oxygens (including phenoxy) is 1. The Hall–Kier alpha value is -1.90. The monoisotopic (exact) mass is 494 g/mol. The molecule has 1 heterocycles. The summed E-state index contributed by atoms with van der Waals surface area (Å²) in [6, 6.07) is 14.2. The molecule has 1 amide bonds. The van der Waals surface area contributed by atoms with Crippen LogP contribution in [0.1, 0.15) is 38.3 Å². The van der Waals surface area contributed by atoms with Crippen LogP contribution in [0.5, 0.6) is 5.75 Å². The number of rotatable bonds is 7. The Balaban J connectivity index is 1.57. The fourth-order valence-corrected chi connectivity index (χ4v) is 5.46. The molecule has 1 N–H and O–H groups in total. The van der Waals surface area contributed by atoms with Gasteiger partial charge in [0.15, 0.2) is 0 Å². The molecule has 6 nitrogen and oxygen atoms in total. The zero-order valence-electron chi connectivity index (χ0n) is 17.2. The third-order valence-corrected chi connectivity index (χ3v) is 7.71. The summed E-state index contributed by atoms with van der Waals surface area (Å²) in [5.74, 6) is 0.429. The number of piperidine rings is 1. The summed E-state index contributed by atoms with van der Waals surface area (Å²) in [5.41, 5.74) is 1.02. The zero-order valence-corrected chi connectivity index (χ0v) is 19.6. The smallest absolute Gasteiger partial charge is 0.243 e. The quantitative estimate of drug-likeness (QED) is 0.627. The van der Waals surface area contributed by atoms with Gasteiger partial charge in [0.2, 0.25) is 15.9 Å². The van der Waals surface area contributed by atoms with Crippen molar-refractivity contribution in [1.29, 1.82) is 0 Å². The van der Waals surface area contributed by atoms with Crippen LogP contribution in [-0.4, -0.2) is 38.3 Å². The summed E-state index contributed by atoms with van der Waals surface area (Å²) in [6.45, 7) is 5.02. The van der Waals surface area contributed by atoms with Gasteiger partial charge in [-0.15, -0.1) is 0 Å². The van der Waals surface area contributed by atoms with Crippen molar-refractivity contribution in [3.8, 4) is 5.75 Å². The maximum absolute atomic E-state index is 12.9. The second kappa shape index (κ2) is 9.94. The van der Waals surface area contributed by atoms with E-state index < -0.39 is 10.0 Å². The van der Waals surface area contributed by atoms with Gasteiger partial charge in [-0.2, -0.15) is 4.31 Å². The van der Waals surface area contributed by atoms with E-state index in [1.54, 1.807) is 24.3 Å². The highest BCUT2D eigenvalue weighted by atomic mass is 79.9. The van der Waals surface area contributed by atoms with E-state index in [-0.39, 0.29) is 22.8 Å². The molecule has 1 atom stereocenters. The first-order valence-electron chi connectivity index (χ1n) is 10.1. The number of hydrogen-bond donors (Lipinski definition) is 1. The summed E-state index contributed by atoms with van der Waals surface area (Å²) in [5, 5.41) is 3.05. The SMILES string of the molecule is CCOc1ccc(S(=O)(=O)N2CCC(C(=O)N[C@@H](C)c3cccc(Br)c3)CC2)cc1. The Kier molecular flexibility index (Phi) is 7.55. The Bertz CT molecular complexity index is 971. The van der Waals surface area contributed by atoms with Crippen molar-refractivity contribution >= 4 is 31.9 Å². The van der Waals surface area contributed by atoms with E-state index in [1.165, 1.54) is 4.31 Å². The number of hydrogen-bond acceptors (Lipinski definition) is 4. The summed E-state index contributed by atoms with van der Waals surface area (Å²) in [7, 11) is -3.57. The molecule has 1 aliphatic heterocycles. The topological polar surface area (TPSA) is 75.7 Å². The maximum Gasteiger partial charge on any atom is 0.243 e. The number of benzene rings is 2. The Morgan fingerprint density at radius 1 is 1.20 bits per heavy atom. The van der Waals surface area contributed by atoms with Crippen molar-refractivity contribution in [3.05, 3.63) is 58.6 Å². The zero-order chi connectivity index (χ0) is 21.7. The molecule has 1 saturated heterocycles. The average molecular weight is 495 g/mol. The molecule has 1 aliphatic rings. The van der Waals surface area contributed by atoms with E-state index in [1.807, 2.05) is 38.1 Å². The Morgan fingerprint density at radius 3 is 2.47 bits per heavy atom. The molecule has 30 heavy (non-hydrogen) atoms. The van der Waals surface area contributed by atoms with Gasteiger partial charge in [-0.05, 0) is 68.7 Å². The summed E-state index contributed by atoms with van der Waals surface area (Å²) < 4.78 is 33.6. The highest BCUT2D eigenvalue weighted by Gasteiger charge is 2.32. The van der Waals surface area contributed by atoms with Crippen molar-refractivity contribution in [2.24, 2.45) is 5.92 Å². The van der Waals surface area contributed by atoms with Crippen LogP contribution in [0.2, 0.25) is 0 Å². The van der Waals surface area contributed by atoms with E-state index >= 15 is 0 Å². The first-order valence-corrected chi connectivity index (χ1v) is 12.3. The fourth-order valence-electron chi connectivity index (χ4n) is 3.57. The van der Waals surface area contributed by atoms with E-state index in [4.69, 9.17) is 4.74 Å².